The van der Waals surface area contributed by atoms with Gasteiger partial charge in [0.25, 0.3) is 17.2 Å². The monoisotopic (exact) mass is 537 g/mol. The number of carbonyl (C=O) groups is 1. The number of nitrogens with one attached hydrogen (secondary N) is 1. The van der Waals surface area contributed by atoms with Crippen molar-refractivity contribution in [1.29, 1.82) is 5.26 Å². The molecule has 0 aliphatic rings. The Bertz CT molecular complexity index is 1880. The van der Waals surface area contributed by atoms with E-state index in [2.05, 4.69) is 5.32 Å². The zero-order valence-corrected chi connectivity index (χ0v) is 21.0. The highest BCUT2D eigenvalue weighted by molar-refractivity contribution is 7.07. The Morgan fingerprint density at radius 2 is 1.82 bits per heavy atom. The van der Waals surface area contributed by atoms with Gasteiger partial charge in [0.15, 0.2) is 5.57 Å². The second-order valence-electron chi connectivity index (χ2n) is 8.22. The second kappa shape index (κ2) is 10.9. The zero-order chi connectivity index (χ0) is 27.4. The van der Waals surface area contributed by atoms with Crippen molar-refractivity contribution >= 4 is 34.6 Å². The van der Waals surface area contributed by atoms with Gasteiger partial charge in [0.2, 0.25) is 0 Å². The lowest BCUT2D eigenvalue weighted by Crippen LogP contribution is -2.33. The first-order valence-corrected chi connectivity index (χ1v) is 12.4. The average molecular weight is 538 g/mol. The Kier molecular flexibility index (Phi) is 7.02. The average Bonchev–Trinajstić information content (AvgIpc) is 3.70. The molecule has 0 fully saturated rings. The molecule has 0 unspecified atom stereocenters. The van der Waals surface area contributed by atoms with Gasteiger partial charge in [-0.25, -0.2) is 0 Å². The number of hydrogen-bond donors (Lipinski definition) is 1. The molecule has 0 spiro atoms. The maximum absolute atomic E-state index is 13.7. The third-order valence-electron chi connectivity index (χ3n) is 5.79. The quantitative estimate of drug-likeness (QED) is 0.250. The Morgan fingerprint density at radius 3 is 2.49 bits per heavy atom. The number of nitro groups is 1. The molecule has 0 saturated carbocycles. The van der Waals surface area contributed by atoms with E-state index in [-0.39, 0.29) is 22.5 Å². The Balaban J connectivity index is 1.65. The molecule has 3 aromatic heterocycles. The van der Waals surface area contributed by atoms with Gasteiger partial charge in [-0.05, 0) is 54.6 Å². The van der Waals surface area contributed by atoms with Crippen molar-refractivity contribution in [2.75, 3.05) is 0 Å². The van der Waals surface area contributed by atoms with Crippen LogP contribution in [0.5, 0.6) is 0 Å². The number of hydrogen-bond acceptors (Lipinski definition) is 7. The Morgan fingerprint density at radius 1 is 1.05 bits per heavy atom. The topological polar surface area (TPSA) is 136 Å². The molecule has 1 N–H and O–H groups in total. The number of carbonyl (C=O) groups excluding carboxylic acids is 1. The summed E-state index contributed by atoms with van der Waals surface area (Å²) in [5.41, 5.74) is 1.16. The highest BCUT2D eigenvalue weighted by Crippen LogP contribution is 2.18. The van der Waals surface area contributed by atoms with Crippen molar-refractivity contribution in [3.63, 3.8) is 0 Å². The van der Waals surface area contributed by atoms with Crippen molar-refractivity contribution < 1.29 is 14.1 Å². The van der Waals surface area contributed by atoms with Gasteiger partial charge in [0.1, 0.15) is 16.5 Å². The summed E-state index contributed by atoms with van der Waals surface area (Å²) >= 11 is 1.02. The summed E-state index contributed by atoms with van der Waals surface area (Å²) in [6.07, 6.45) is 4.91. The zero-order valence-electron chi connectivity index (χ0n) is 20.2. The fourth-order valence-electron chi connectivity index (χ4n) is 3.94. The number of para-hydroxylation sites is 1. The first-order valence-electron chi connectivity index (χ1n) is 11.6. The molecule has 5 rings (SSSR count). The molecule has 0 aliphatic carbocycles. The van der Waals surface area contributed by atoms with Crippen LogP contribution in [-0.4, -0.2) is 20.0 Å². The number of non-ortho nitro benzene ring substituents is 1. The number of nitriles is 1. The van der Waals surface area contributed by atoms with E-state index in [1.807, 2.05) is 6.07 Å². The molecule has 11 heteroatoms. The maximum atomic E-state index is 13.7. The number of aromatic nitrogens is 2. The van der Waals surface area contributed by atoms with Gasteiger partial charge in [0, 0.05) is 29.7 Å². The summed E-state index contributed by atoms with van der Waals surface area (Å²) in [5, 5.41) is 23.6. The van der Waals surface area contributed by atoms with E-state index in [9.17, 15) is 25.0 Å². The molecule has 2 aromatic carbocycles. The van der Waals surface area contributed by atoms with Gasteiger partial charge in [-0.1, -0.05) is 18.2 Å². The minimum absolute atomic E-state index is 0.0324. The van der Waals surface area contributed by atoms with E-state index >= 15 is 0 Å². The van der Waals surface area contributed by atoms with Gasteiger partial charge < -0.3 is 14.3 Å². The number of benzene rings is 2. The number of rotatable bonds is 7. The van der Waals surface area contributed by atoms with E-state index in [4.69, 9.17) is 4.42 Å². The molecule has 0 radical (unpaired) electrons. The lowest BCUT2D eigenvalue weighted by atomic mass is 10.2. The molecule has 0 aliphatic heterocycles. The summed E-state index contributed by atoms with van der Waals surface area (Å²) in [4.78, 5) is 37.2. The van der Waals surface area contributed by atoms with Crippen LogP contribution in [0.15, 0.2) is 101 Å². The lowest BCUT2D eigenvalue weighted by Gasteiger charge is -2.05. The molecule has 0 saturated heterocycles. The highest BCUT2D eigenvalue weighted by atomic mass is 32.1. The van der Waals surface area contributed by atoms with Crippen LogP contribution in [0.3, 0.4) is 0 Å². The van der Waals surface area contributed by atoms with Gasteiger partial charge in [-0.15, -0.1) is 11.3 Å². The number of amides is 1. The third kappa shape index (κ3) is 5.18. The van der Waals surface area contributed by atoms with Gasteiger partial charge in [0.05, 0.1) is 28.0 Å². The normalized spacial score (nSPS) is 12.1. The fraction of sp³-hybridized carbons (Fsp3) is 0.0357. The van der Waals surface area contributed by atoms with Crippen LogP contribution in [0.4, 0.5) is 5.69 Å². The molecule has 0 bridgehead atoms. The van der Waals surface area contributed by atoms with Crippen LogP contribution in [0.1, 0.15) is 11.5 Å². The summed E-state index contributed by atoms with van der Waals surface area (Å²) in [5.74, 6) is -0.117. The summed E-state index contributed by atoms with van der Waals surface area (Å²) in [6, 6.07) is 23.7. The number of nitro benzene ring substituents is 1. The Labute approximate surface area is 224 Å². The second-order valence-corrected chi connectivity index (χ2v) is 9.25. The molecule has 39 heavy (non-hydrogen) atoms. The maximum Gasteiger partial charge on any atom is 0.273 e. The van der Waals surface area contributed by atoms with Crippen LogP contribution in [0, 0.1) is 21.4 Å². The van der Waals surface area contributed by atoms with E-state index in [1.54, 1.807) is 83.6 Å². The van der Waals surface area contributed by atoms with Crippen molar-refractivity contribution in [1.82, 2.24) is 14.5 Å². The molecular formula is C28H19N5O5S. The van der Waals surface area contributed by atoms with Crippen LogP contribution < -0.4 is 20.1 Å². The smallest absolute Gasteiger partial charge is 0.273 e. The van der Waals surface area contributed by atoms with E-state index < -0.39 is 16.4 Å². The SMILES string of the molecule is N#C/C(C(=O)NCc1ccco1)=c1/s/c(=C\c2cccn2-c2ccc([N+](=O)[O-])cc2)c(=O)n1-c1ccccc1. The summed E-state index contributed by atoms with van der Waals surface area (Å²) in [7, 11) is 0. The van der Waals surface area contributed by atoms with E-state index in [1.165, 1.54) is 23.0 Å². The van der Waals surface area contributed by atoms with E-state index in [0.717, 1.165) is 11.3 Å². The number of nitrogens with zero attached hydrogens (tertiary/aromatic N) is 4. The fourth-order valence-corrected chi connectivity index (χ4v) is 5.03. The van der Waals surface area contributed by atoms with Crippen molar-refractivity contribution in [2.45, 2.75) is 6.54 Å². The van der Waals surface area contributed by atoms with Crippen LogP contribution in [0.2, 0.25) is 0 Å². The third-order valence-corrected chi connectivity index (χ3v) is 6.88. The molecule has 1 amide bonds. The van der Waals surface area contributed by atoms with Crippen LogP contribution in [0.25, 0.3) is 23.0 Å². The number of furan rings is 1. The highest BCUT2D eigenvalue weighted by Gasteiger charge is 2.17. The molecule has 3 heterocycles. The van der Waals surface area contributed by atoms with Gasteiger partial charge in [-0.3, -0.25) is 24.3 Å². The van der Waals surface area contributed by atoms with E-state index in [0.29, 0.717) is 27.4 Å². The summed E-state index contributed by atoms with van der Waals surface area (Å²) in [6.45, 7) is 0.0830. The Hall–Kier alpha value is -5.47. The minimum atomic E-state index is -0.638. The van der Waals surface area contributed by atoms with Crippen LogP contribution >= 0.6 is 11.3 Å². The molecule has 192 valence electrons. The lowest BCUT2D eigenvalue weighted by molar-refractivity contribution is -0.384. The molecule has 0 atom stereocenters. The van der Waals surface area contributed by atoms with Crippen molar-refractivity contribution in [2.24, 2.45) is 0 Å². The minimum Gasteiger partial charge on any atom is -0.467 e. The van der Waals surface area contributed by atoms with Crippen LogP contribution in [-0.2, 0) is 11.3 Å². The van der Waals surface area contributed by atoms with Gasteiger partial charge in [-0.2, -0.15) is 5.26 Å². The first kappa shape index (κ1) is 25.2. The standard InChI is InChI=1S/C28H19N5O5S/c29-17-24(26(34)30-18-23-9-5-15-38-23)28-32(20-6-2-1-3-7-20)27(35)25(39-28)16-22-8-4-14-31(22)19-10-12-21(13-11-19)33(36)37/h1-16H,18H2,(H,30,34)/b25-16-,28-24-. The summed E-state index contributed by atoms with van der Waals surface area (Å²) < 4.78 is 8.85. The molecule has 10 nitrogen and oxygen atoms in total. The predicted octanol–water partition coefficient (Wildman–Crippen LogP) is 3.01. The van der Waals surface area contributed by atoms with Crippen molar-refractivity contribution in [3.8, 4) is 17.4 Å². The first-order chi connectivity index (χ1) is 19.0. The van der Waals surface area contributed by atoms with Crippen molar-refractivity contribution in [3.05, 3.63) is 132 Å². The molecular weight excluding hydrogens is 518 g/mol. The predicted molar refractivity (Wildman–Crippen MR) is 145 cm³/mol. The number of thiazole rings is 1. The molecule has 5 aromatic rings. The largest absolute Gasteiger partial charge is 0.467 e. The van der Waals surface area contributed by atoms with Gasteiger partial charge >= 0.3 is 0 Å².